The van der Waals surface area contributed by atoms with Gasteiger partial charge in [-0.2, -0.15) is 13.2 Å². The Bertz CT molecular complexity index is 700. The van der Waals surface area contributed by atoms with Crippen molar-refractivity contribution in [1.29, 1.82) is 0 Å². The Labute approximate surface area is 132 Å². The lowest BCUT2D eigenvalue weighted by atomic mass is 10.1. The van der Waals surface area contributed by atoms with Gasteiger partial charge in [0.05, 0.1) is 11.1 Å². The molecule has 0 aliphatic carbocycles. The average Bonchev–Trinajstić information content (AvgIpc) is 2.45. The number of carbonyl (C=O) groups excluding carboxylic acids is 1. The molecule has 7 heteroatoms. The molecule has 1 amide bonds. The third kappa shape index (κ3) is 3.85. The maximum atomic E-state index is 13.0. The minimum atomic E-state index is -4.69. The average molecular weight is 376 g/mol. The second-order valence-electron chi connectivity index (χ2n) is 4.46. The first-order valence-corrected chi connectivity index (χ1v) is 6.96. The molecule has 0 spiro atoms. The first-order valence-electron chi connectivity index (χ1n) is 6.17. The van der Waals surface area contributed by atoms with Crippen molar-refractivity contribution in [1.82, 2.24) is 5.32 Å². The van der Waals surface area contributed by atoms with Gasteiger partial charge < -0.3 is 5.32 Å². The van der Waals surface area contributed by atoms with Gasteiger partial charge in [-0.05, 0) is 45.8 Å². The molecule has 0 aliphatic rings. The molecule has 2 rings (SSSR count). The van der Waals surface area contributed by atoms with Gasteiger partial charge in [0.1, 0.15) is 5.82 Å². The van der Waals surface area contributed by atoms with E-state index < -0.39 is 23.5 Å². The highest BCUT2D eigenvalue weighted by atomic mass is 79.9. The summed E-state index contributed by atoms with van der Waals surface area (Å²) >= 11 is 3.19. The number of halogens is 5. The lowest BCUT2D eigenvalue weighted by Crippen LogP contribution is -2.25. The molecule has 116 valence electrons. The second-order valence-corrected chi connectivity index (χ2v) is 5.32. The third-order valence-corrected chi connectivity index (χ3v) is 3.63. The Balaban J connectivity index is 2.19. The molecule has 0 unspecified atom stereocenters. The number of carbonyl (C=O) groups is 1. The topological polar surface area (TPSA) is 29.1 Å². The number of hydrogen-bond donors (Lipinski definition) is 1. The molecule has 0 saturated heterocycles. The molecule has 0 aliphatic heterocycles. The van der Waals surface area contributed by atoms with Gasteiger partial charge in [0.2, 0.25) is 0 Å². The maximum absolute atomic E-state index is 13.0. The molecular weight excluding hydrogens is 366 g/mol. The minimum absolute atomic E-state index is 0.200. The summed E-state index contributed by atoms with van der Waals surface area (Å²) in [5.41, 5.74) is -0.993. The van der Waals surface area contributed by atoms with E-state index in [0.717, 1.165) is 12.1 Å². The van der Waals surface area contributed by atoms with Gasteiger partial charge >= 0.3 is 6.18 Å². The summed E-state index contributed by atoms with van der Waals surface area (Å²) in [5, 5.41) is 2.40. The lowest BCUT2D eigenvalue weighted by Gasteiger charge is -2.14. The summed E-state index contributed by atoms with van der Waals surface area (Å²) in [4.78, 5) is 12.0. The van der Waals surface area contributed by atoms with Crippen LogP contribution in [0.4, 0.5) is 17.6 Å². The molecule has 0 saturated carbocycles. The number of nitrogens with one attached hydrogen (secondary N) is 1. The van der Waals surface area contributed by atoms with Crippen LogP contribution in [0.3, 0.4) is 0 Å². The smallest absolute Gasteiger partial charge is 0.348 e. The molecule has 2 nitrogen and oxygen atoms in total. The van der Waals surface area contributed by atoms with Gasteiger partial charge in [0.15, 0.2) is 0 Å². The van der Waals surface area contributed by atoms with E-state index in [-0.39, 0.29) is 12.1 Å². The summed E-state index contributed by atoms with van der Waals surface area (Å²) in [6, 6.07) is 8.89. The van der Waals surface area contributed by atoms with E-state index in [1.165, 1.54) is 6.07 Å². The summed E-state index contributed by atoms with van der Waals surface area (Å²) in [5.74, 6) is -1.50. The largest absolute Gasteiger partial charge is 0.416 e. The lowest BCUT2D eigenvalue weighted by molar-refractivity contribution is -0.138. The summed E-state index contributed by atoms with van der Waals surface area (Å²) in [6.45, 7) is -0.352. The highest BCUT2D eigenvalue weighted by Gasteiger charge is 2.33. The number of rotatable bonds is 3. The standard InChI is InChI=1S/C15H10BrF4NO/c16-13-4-2-1-3-11(13)14(22)21-8-9-5-6-10(17)7-12(9)15(18,19)20/h1-7H,8H2,(H,21,22). The van der Waals surface area contributed by atoms with Crippen LogP contribution in [0.5, 0.6) is 0 Å². The first-order chi connectivity index (χ1) is 10.3. The molecule has 2 aromatic rings. The van der Waals surface area contributed by atoms with Crippen LogP contribution in [0.15, 0.2) is 46.9 Å². The number of hydrogen-bond acceptors (Lipinski definition) is 1. The van der Waals surface area contributed by atoms with Crippen molar-refractivity contribution in [2.75, 3.05) is 0 Å². The fourth-order valence-corrected chi connectivity index (χ4v) is 2.35. The summed E-state index contributed by atoms with van der Waals surface area (Å²) < 4.78 is 52.1. The van der Waals surface area contributed by atoms with E-state index in [4.69, 9.17) is 0 Å². The molecule has 0 fully saturated rings. The van der Waals surface area contributed by atoms with Crippen LogP contribution in [-0.4, -0.2) is 5.91 Å². The zero-order chi connectivity index (χ0) is 16.3. The van der Waals surface area contributed by atoms with Crippen molar-refractivity contribution >= 4 is 21.8 Å². The first kappa shape index (κ1) is 16.5. The fourth-order valence-electron chi connectivity index (χ4n) is 1.88. The molecule has 0 radical (unpaired) electrons. The molecule has 22 heavy (non-hydrogen) atoms. The number of alkyl halides is 3. The van der Waals surface area contributed by atoms with Crippen LogP contribution in [-0.2, 0) is 12.7 Å². The van der Waals surface area contributed by atoms with Crippen molar-refractivity contribution in [2.45, 2.75) is 12.7 Å². The molecule has 0 atom stereocenters. The molecule has 2 aromatic carbocycles. The zero-order valence-corrected chi connectivity index (χ0v) is 12.6. The van der Waals surface area contributed by atoms with Gasteiger partial charge in [0, 0.05) is 11.0 Å². The Morgan fingerprint density at radius 3 is 2.45 bits per heavy atom. The zero-order valence-electron chi connectivity index (χ0n) is 11.0. The van der Waals surface area contributed by atoms with E-state index >= 15 is 0 Å². The van der Waals surface area contributed by atoms with Crippen LogP contribution >= 0.6 is 15.9 Å². The van der Waals surface area contributed by atoms with Gasteiger partial charge in [-0.15, -0.1) is 0 Å². The van der Waals surface area contributed by atoms with Crippen molar-refractivity contribution in [3.05, 3.63) is 69.4 Å². The quantitative estimate of drug-likeness (QED) is 0.784. The Morgan fingerprint density at radius 2 is 1.82 bits per heavy atom. The van der Waals surface area contributed by atoms with E-state index in [0.29, 0.717) is 16.1 Å². The number of benzene rings is 2. The predicted octanol–water partition coefficient (Wildman–Crippen LogP) is 4.54. The second kappa shape index (κ2) is 6.48. The van der Waals surface area contributed by atoms with Crippen molar-refractivity contribution in [2.24, 2.45) is 0 Å². The fraction of sp³-hybridized carbons (Fsp3) is 0.133. The summed E-state index contributed by atoms with van der Waals surface area (Å²) in [6.07, 6.45) is -4.69. The van der Waals surface area contributed by atoms with Crippen LogP contribution in [0, 0.1) is 5.82 Å². The van der Waals surface area contributed by atoms with E-state index in [9.17, 15) is 22.4 Å². The molecule has 0 heterocycles. The Morgan fingerprint density at radius 1 is 1.14 bits per heavy atom. The monoisotopic (exact) mass is 375 g/mol. The van der Waals surface area contributed by atoms with Crippen LogP contribution in [0.1, 0.15) is 21.5 Å². The van der Waals surface area contributed by atoms with Crippen molar-refractivity contribution in [3.8, 4) is 0 Å². The van der Waals surface area contributed by atoms with Gasteiger partial charge in [-0.3, -0.25) is 4.79 Å². The van der Waals surface area contributed by atoms with Crippen molar-refractivity contribution in [3.63, 3.8) is 0 Å². The Kier molecular flexibility index (Phi) is 4.85. The van der Waals surface area contributed by atoms with Gasteiger partial charge in [-0.25, -0.2) is 4.39 Å². The van der Waals surface area contributed by atoms with Gasteiger partial charge in [0.25, 0.3) is 5.91 Å². The Hall–Kier alpha value is -1.89. The van der Waals surface area contributed by atoms with Crippen LogP contribution in [0.25, 0.3) is 0 Å². The van der Waals surface area contributed by atoms with Crippen LogP contribution < -0.4 is 5.32 Å². The van der Waals surface area contributed by atoms with Gasteiger partial charge in [-0.1, -0.05) is 18.2 Å². The molecule has 1 N–H and O–H groups in total. The molecular formula is C15H10BrF4NO. The van der Waals surface area contributed by atoms with Crippen LogP contribution in [0.2, 0.25) is 0 Å². The maximum Gasteiger partial charge on any atom is 0.416 e. The normalized spacial score (nSPS) is 11.3. The van der Waals surface area contributed by atoms with E-state index in [1.807, 2.05) is 0 Å². The minimum Gasteiger partial charge on any atom is -0.348 e. The van der Waals surface area contributed by atoms with Crippen molar-refractivity contribution < 1.29 is 22.4 Å². The third-order valence-electron chi connectivity index (χ3n) is 2.94. The van der Waals surface area contributed by atoms with E-state index in [1.54, 1.807) is 18.2 Å². The predicted molar refractivity (Wildman–Crippen MR) is 76.7 cm³/mol. The highest BCUT2D eigenvalue weighted by Crippen LogP contribution is 2.32. The number of amides is 1. The molecule has 0 bridgehead atoms. The summed E-state index contributed by atoms with van der Waals surface area (Å²) in [7, 11) is 0. The molecule has 0 aromatic heterocycles. The highest BCUT2D eigenvalue weighted by molar-refractivity contribution is 9.10. The SMILES string of the molecule is O=C(NCc1ccc(F)cc1C(F)(F)F)c1ccccc1Br. The van der Waals surface area contributed by atoms with E-state index in [2.05, 4.69) is 21.2 Å².